The fraction of sp³-hybridized carbons (Fsp3) is 0.200. The quantitative estimate of drug-likeness (QED) is 0.749. The smallest absolute Gasteiger partial charge is 0.370 e. The van der Waals surface area contributed by atoms with E-state index in [-0.39, 0.29) is 30.9 Å². The van der Waals surface area contributed by atoms with E-state index in [4.69, 9.17) is 0 Å². The molecule has 2 nitrogen and oxygen atoms in total. The lowest BCUT2D eigenvalue weighted by molar-refractivity contribution is 0.462. The number of benzene rings is 2. The van der Waals surface area contributed by atoms with Crippen molar-refractivity contribution in [3.05, 3.63) is 60.7 Å². The summed E-state index contributed by atoms with van der Waals surface area (Å²) in [7, 11) is 0. The zero-order valence-corrected chi connectivity index (χ0v) is 13.3. The van der Waals surface area contributed by atoms with Crippen molar-refractivity contribution in [1.29, 1.82) is 0 Å². The topological polar surface area (TPSA) is 6.48 Å². The average Bonchev–Trinajstić information content (AvgIpc) is 2.88. The Labute approximate surface area is 127 Å². The van der Waals surface area contributed by atoms with Gasteiger partial charge in [0.25, 0.3) is 0 Å². The molecule has 0 unspecified atom stereocenters. The first-order valence-electron chi connectivity index (χ1n) is 6.68. The first-order valence-corrected chi connectivity index (χ1v) is 8.87. The number of hydrogen-bond donors (Lipinski definition) is 0. The SMILES string of the molecule is c1cc[c]([Al][N]2CC[N]([Al][c]3ccccc3)C2)cc1. The minimum Gasteiger partial charge on any atom is -0.376 e. The van der Waals surface area contributed by atoms with Crippen LogP contribution in [-0.4, -0.2) is 58.4 Å². The van der Waals surface area contributed by atoms with E-state index in [1.165, 1.54) is 21.9 Å². The molecular weight excluding hydrogens is 262 g/mol. The van der Waals surface area contributed by atoms with Gasteiger partial charge >= 0.3 is 30.9 Å². The second-order valence-electron chi connectivity index (χ2n) is 4.85. The van der Waals surface area contributed by atoms with E-state index in [0.29, 0.717) is 0 Å². The van der Waals surface area contributed by atoms with Crippen LogP contribution in [0.3, 0.4) is 0 Å². The van der Waals surface area contributed by atoms with Crippen molar-refractivity contribution < 1.29 is 0 Å². The second kappa shape index (κ2) is 6.73. The van der Waals surface area contributed by atoms with Crippen molar-refractivity contribution in [1.82, 2.24) is 7.77 Å². The fourth-order valence-corrected chi connectivity index (χ4v) is 5.23. The van der Waals surface area contributed by atoms with Crippen LogP contribution in [0.1, 0.15) is 0 Å². The monoisotopic (exact) mass is 278 g/mol. The van der Waals surface area contributed by atoms with Crippen LogP contribution in [0.25, 0.3) is 0 Å². The summed E-state index contributed by atoms with van der Waals surface area (Å²) in [5.74, 6) is 0. The number of hydrogen-bond acceptors (Lipinski definition) is 2. The zero-order valence-electron chi connectivity index (χ0n) is 10.9. The Morgan fingerprint density at radius 3 is 1.47 bits per heavy atom. The predicted octanol–water partition coefficient (Wildman–Crippen LogP) is 0.451. The highest BCUT2D eigenvalue weighted by Gasteiger charge is 2.21. The van der Waals surface area contributed by atoms with Gasteiger partial charge in [-0.2, -0.15) is 0 Å². The molecule has 2 aromatic carbocycles. The maximum atomic E-state index is 2.62. The van der Waals surface area contributed by atoms with E-state index in [1.54, 1.807) is 0 Å². The summed E-state index contributed by atoms with van der Waals surface area (Å²) in [6.45, 7) is 3.60. The molecule has 0 bridgehead atoms. The molecule has 0 amide bonds. The molecule has 19 heavy (non-hydrogen) atoms. The molecule has 0 aliphatic carbocycles. The molecule has 0 spiro atoms. The Morgan fingerprint density at radius 2 is 1.05 bits per heavy atom. The van der Waals surface area contributed by atoms with Crippen molar-refractivity contribution in [2.24, 2.45) is 0 Å². The lowest BCUT2D eigenvalue weighted by Crippen LogP contribution is -2.38. The minimum atomic E-state index is 0.279. The maximum Gasteiger partial charge on any atom is 0.370 e. The number of rotatable bonds is 4. The molecule has 2 radical (unpaired) electrons. The summed E-state index contributed by atoms with van der Waals surface area (Å²) in [4.78, 5) is 0. The van der Waals surface area contributed by atoms with Gasteiger partial charge in [0.1, 0.15) is 0 Å². The summed E-state index contributed by atoms with van der Waals surface area (Å²) >= 11 is 0.559. The van der Waals surface area contributed by atoms with E-state index in [1.807, 2.05) is 0 Å². The van der Waals surface area contributed by atoms with Gasteiger partial charge in [-0.05, 0) is 13.1 Å². The van der Waals surface area contributed by atoms with Crippen molar-refractivity contribution in [2.75, 3.05) is 19.8 Å². The van der Waals surface area contributed by atoms with E-state index in [9.17, 15) is 0 Å². The maximum absolute atomic E-state index is 2.62. The van der Waals surface area contributed by atoms with Crippen LogP contribution >= 0.6 is 0 Å². The second-order valence-corrected chi connectivity index (χ2v) is 8.16. The van der Waals surface area contributed by atoms with Gasteiger partial charge in [-0.15, -0.1) is 8.85 Å². The Morgan fingerprint density at radius 1 is 0.632 bits per heavy atom. The molecule has 0 N–H and O–H groups in total. The zero-order chi connectivity index (χ0) is 12.9. The van der Waals surface area contributed by atoms with E-state index >= 15 is 0 Å². The molecule has 1 fully saturated rings. The summed E-state index contributed by atoms with van der Waals surface area (Å²) in [6, 6.07) is 21.8. The van der Waals surface area contributed by atoms with Crippen molar-refractivity contribution in [3.8, 4) is 0 Å². The van der Waals surface area contributed by atoms with Gasteiger partial charge < -0.3 is 7.77 Å². The molecule has 1 aliphatic rings. The first kappa shape index (κ1) is 13.4. The highest BCUT2D eigenvalue weighted by Crippen LogP contribution is 2.01. The normalized spacial score (nSPS) is 16.4. The van der Waals surface area contributed by atoms with Crippen molar-refractivity contribution in [2.45, 2.75) is 0 Å². The fourth-order valence-electron chi connectivity index (χ4n) is 2.34. The molecule has 2 aromatic rings. The minimum absolute atomic E-state index is 0.279. The Kier molecular flexibility index (Phi) is 4.75. The van der Waals surface area contributed by atoms with Gasteiger partial charge in [-0.1, -0.05) is 60.7 Å². The van der Waals surface area contributed by atoms with Crippen LogP contribution in [0.15, 0.2) is 60.7 Å². The molecule has 3 rings (SSSR count). The third-order valence-electron chi connectivity index (χ3n) is 3.30. The molecule has 0 saturated carbocycles. The molecule has 1 saturated heterocycles. The van der Waals surface area contributed by atoms with E-state index in [0.717, 1.165) is 6.67 Å². The lowest BCUT2D eigenvalue weighted by Gasteiger charge is -2.17. The summed E-state index contributed by atoms with van der Waals surface area (Å²) in [5.41, 5.74) is 0. The van der Waals surface area contributed by atoms with Gasteiger partial charge in [-0.25, -0.2) is 0 Å². The van der Waals surface area contributed by atoms with Gasteiger partial charge in [0.15, 0.2) is 0 Å². The summed E-state index contributed by atoms with van der Waals surface area (Å²) in [5, 5.41) is 0. The number of nitrogens with zero attached hydrogens (tertiary/aromatic N) is 2. The van der Waals surface area contributed by atoms with Gasteiger partial charge in [0, 0.05) is 6.67 Å². The van der Waals surface area contributed by atoms with E-state index in [2.05, 4.69) is 68.4 Å². The van der Waals surface area contributed by atoms with Crippen LogP contribution in [0.2, 0.25) is 0 Å². The van der Waals surface area contributed by atoms with Crippen molar-refractivity contribution >= 4 is 39.7 Å². The molecule has 92 valence electrons. The third-order valence-corrected chi connectivity index (χ3v) is 6.24. The third kappa shape index (κ3) is 3.94. The van der Waals surface area contributed by atoms with Crippen molar-refractivity contribution in [3.63, 3.8) is 0 Å². The largest absolute Gasteiger partial charge is 0.376 e. The molecular formula is C15H16Al2N2. The van der Waals surface area contributed by atoms with E-state index < -0.39 is 0 Å². The standard InChI is InChI=1S/2C6H5.C3H6N2.2Al/c2*1-2-4-6-5-3-1;1-2-5-3-4-1;;/h2*1-5H;1-3H2;;/q;;-2;2*+1. The van der Waals surface area contributed by atoms with Crippen LogP contribution in [-0.2, 0) is 0 Å². The van der Waals surface area contributed by atoms with Crippen LogP contribution < -0.4 is 8.85 Å². The lowest BCUT2D eigenvalue weighted by atomic mass is 10.4. The first-order chi connectivity index (χ1) is 9.40. The molecule has 1 heterocycles. The van der Waals surface area contributed by atoms with Gasteiger partial charge in [-0.3, -0.25) is 0 Å². The molecule has 0 atom stereocenters. The van der Waals surface area contributed by atoms with Crippen LogP contribution in [0.4, 0.5) is 0 Å². The highest BCUT2D eigenvalue weighted by molar-refractivity contribution is 6.52. The Bertz CT molecular complexity index is 457. The van der Waals surface area contributed by atoms with Gasteiger partial charge in [0.05, 0.1) is 0 Å². The van der Waals surface area contributed by atoms with Gasteiger partial charge in [0.2, 0.25) is 0 Å². The average molecular weight is 278 g/mol. The molecule has 1 aliphatic heterocycles. The Hall–Kier alpha value is -0.575. The molecule has 4 heteroatoms. The van der Waals surface area contributed by atoms with Crippen LogP contribution in [0, 0.1) is 0 Å². The summed E-state index contributed by atoms with van der Waals surface area (Å²) < 4.78 is 8.23. The summed E-state index contributed by atoms with van der Waals surface area (Å²) in [6.07, 6.45) is 0. The predicted molar refractivity (Wildman–Crippen MR) is 81.9 cm³/mol. The highest BCUT2D eigenvalue weighted by atomic mass is 27.1. The van der Waals surface area contributed by atoms with Crippen LogP contribution in [0.5, 0.6) is 0 Å². The Balaban J connectivity index is 1.53. The molecule has 0 aromatic heterocycles.